The van der Waals surface area contributed by atoms with Gasteiger partial charge in [-0.05, 0) is 53.4 Å². The third-order valence-corrected chi connectivity index (χ3v) is 3.14. The number of hydrogen-bond acceptors (Lipinski definition) is 2. The number of hydrogen-bond donors (Lipinski definition) is 1. The van der Waals surface area contributed by atoms with Gasteiger partial charge in [0.05, 0.1) is 4.47 Å². The Kier molecular flexibility index (Phi) is 3.43. The van der Waals surface area contributed by atoms with Crippen LogP contribution in [-0.4, -0.2) is 12.1 Å². The van der Waals surface area contributed by atoms with Gasteiger partial charge in [-0.15, -0.1) is 0 Å². The van der Waals surface area contributed by atoms with Crippen LogP contribution < -0.4 is 10.1 Å². The number of rotatable bonds is 2. The van der Waals surface area contributed by atoms with Gasteiger partial charge in [0, 0.05) is 6.04 Å². The van der Waals surface area contributed by atoms with Crippen molar-refractivity contribution in [2.45, 2.75) is 25.3 Å². The normalized spacial score (nSPS) is 15.4. The number of benzene rings is 1. The number of carbonyl (C=O) groups excluding carboxylic acids is 1. The Labute approximate surface area is 101 Å². The van der Waals surface area contributed by atoms with Gasteiger partial charge in [-0.3, -0.25) is 0 Å². The minimum absolute atomic E-state index is 0.228. The highest BCUT2D eigenvalue weighted by Gasteiger charge is 2.20. The van der Waals surface area contributed by atoms with E-state index in [1.54, 1.807) is 0 Å². The van der Waals surface area contributed by atoms with Gasteiger partial charge in [0.2, 0.25) is 0 Å². The van der Waals surface area contributed by atoms with E-state index in [1.165, 1.54) is 18.2 Å². The predicted octanol–water partition coefficient (Wildman–Crippen LogP) is 3.23. The van der Waals surface area contributed by atoms with Crippen LogP contribution in [0.1, 0.15) is 19.3 Å². The molecule has 1 aromatic carbocycles. The van der Waals surface area contributed by atoms with Crippen LogP contribution in [0.5, 0.6) is 5.75 Å². The van der Waals surface area contributed by atoms with Crippen LogP contribution in [0.25, 0.3) is 0 Å². The Morgan fingerprint density at radius 3 is 2.81 bits per heavy atom. The third-order valence-electron chi connectivity index (χ3n) is 2.52. The zero-order valence-corrected chi connectivity index (χ0v) is 10.1. The SMILES string of the molecule is O=C(NC1CCC1)Oc1ccc(F)cc1Br. The molecule has 16 heavy (non-hydrogen) atoms. The topological polar surface area (TPSA) is 38.3 Å². The van der Waals surface area contributed by atoms with Gasteiger partial charge in [-0.2, -0.15) is 0 Å². The summed E-state index contributed by atoms with van der Waals surface area (Å²) in [5.74, 6) is -0.0585. The minimum Gasteiger partial charge on any atom is -0.409 e. The fourth-order valence-corrected chi connectivity index (χ4v) is 1.84. The van der Waals surface area contributed by atoms with Crippen LogP contribution in [0.15, 0.2) is 22.7 Å². The Hall–Kier alpha value is -1.10. The lowest BCUT2D eigenvalue weighted by Gasteiger charge is -2.25. The first-order valence-corrected chi connectivity index (χ1v) is 5.88. The molecular weight excluding hydrogens is 277 g/mol. The lowest BCUT2D eigenvalue weighted by molar-refractivity contribution is 0.187. The molecule has 0 unspecified atom stereocenters. The van der Waals surface area contributed by atoms with Crippen molar-refractivity contribution in [3.05, 3.63) is 28.5 Å². The molecule has 1 saturated carbocycles. The summed E-state index contributed by atoms with van der Waals surface area (Å²) in [7, 11) is 0. The summed E-state index contributed by atoms with van der Waals surface area (Å²) in [5.41, 5.74) is 0. The van der Waals surface area contributed by atoms with Crippen molar-refractivity contribution < 1.29 is 13.9 Å². The molecule has 3 nitrogen and oxygen atoms in total. The molecule has 0 radical (unpaired) electrons. The van der Waals surface area contributed by atoms with Gasteiger partial charge >= 0.3 is 6.09 Å². The standard InChI is InChI=1S/C11H11BrFNO2/c12-9-6-7(13)4-5-10(9)16-11(15)14-8-2-1-3-8/h4-6,8H,1-3H2,(H,14,15). The molecule has 5 heteroatoms. The minimum atomic E-state index is -0.489. The highest BCUT2D eigenvalue weighted by molar-refractivity contribution is 9.10. The first kappa shape index (κ1) is 11.4. The quantitative estimate of drug-likeness (QED) is 0.907. The van der Waals surface area contributed by atoms with Gasteiger partial charge in [-0.25, -0.2) is 9.18 Å². The van der Waals surface area contributed by atoms with Crippen LogP contribution in [0.4, 0.5) is 9.18 Å². The zero-order chi connectivity index (χ0) is 11.5. The molecule has 0 heterocycles. The van der Waals surface area contributed by atoms with Crippen molar-refractivity contribution in [2.75, 3.05) is 0 Å². The molecular formula is C11H11BrFNO2. The highest BCUT2D eigenvalue weighted by atomic mass is 79.9. The highest BCUT2D eigenvalue weighted by Crippen LogP contribution is 2.26. The molecule has 0 aromatic heterocycles. The predicted molar refractivity (Wildman–Crippen MR) is 60.9 cm³/mol. The van der Waals surface area contributed by atoms with E-state index in [2.05, 4.69) is 21.2 Å². The van der Waals surface area contributed by atoms with Crippen LogP contribution in [-0.2, 0) is 0 Å². The van der Waals surface area contributed by atoms with E-state index in [0.29, 0.717) is 10.2 Å². The summed E-state index contributed by atoms with van der Waals surface area (Å²) >= 11 is 3.13. The summed E-state index contributed by atoms with van der Waals surface area (Å²) < 4.78 is 18.2. The summed E-state index contributed by atoms with van der Waals surface area (Å²) in [6.07, 6.45) is 2.65. The van der Waals surface area contributed by atoms with Gasteiger partial charge in [0.1, 0.15) is 11.6 Å². The summed E-state index contributed by atoms with van der Waals surface area (Å²) in [6.45, 7) is 0. The molecule has 0 bridgehead atoms. The van der Waals surface area contributed by atoms with Crippen LogP contribution in [0.3, 0.4) is 0 Å². The molecule has 1 N–H and O–H groups in total. The molecule has 86 valence electrons. The lowest BCUT2D eigenvalue weighted by atomic mass is 9.93. The average molecular weight is 288 g/mol. The first-order valence-electron chi connectivity index (χ1n) is 5.08. The molecule has 1 fully saturated rings. The maximum Gasteiger partial charge on any atom is 0.412 e. The fraction of sp³-hybridized carbons (Fsp3) is 0.364. The molecule has 1 aromatic rings. The zero-order valence-electron chi connectivity index (χ0n) is 8.50. The molecule has 0 spiro atoms. The van der Waals surface area contributed by atoms with Crippen molar-refractivity contribution in [1.29, 1.82) is 0 Å². The van der Waals surface area contributed by atoms with E-state index in [-0.39, 0.29) is 11.9 Å². The van der Waals surface area contributed by atoms with Crippen molar-refractivity contribution in [3.8, 4) is 5.75 Å². The summed E-state index contributed by atoms with van der Waals surface area (Å²) in [5, 5.41) is 2.73. The first-order chi connectivity index (χ1) is 7.65. The second-order valence-electron chi connectivity index (χ2n) is 3.74. The van der Waals surface area contributed by atoms with E-state index in [9.17, 15) is 9.18 Å². The number of halogens is 2. The Morgan fingerprint density at radius 2 is 2.25 bits per heavy atom. The largest absolute Gasteiger partial charge is 0.412 e. The summed E-state index contributed by atoms with van der Waals surface area (Å²) in [6, 6.07) is 4.15. The van der Waals surface area contributed by atoms with Crippen LogP contribution in [0.2, 0.25) is 0 Å². The molecule has 0 atom stereocenters. The smallest absolute Gasteiger partial charge is 0.409 e. The number of amides is 1. The van der Waals surface area contributed by atoms with Crippen molar-refractivity contribution in [1.82, 2.24) is 5.32 Å². The Balaban J connectivity index is 1.94. The maximum absolute atomic E-state index is 12.8. The lowest BCUT2D eigenvalue weighted by Crippen LogP contribution is -2.41. The van der Waals surface area contributed by atoms with E-state index in [0.717, 1.165) is 19.3 Å². The molecule has 2 rings (SSSR count). The number of ether oxygens (including phenoxy) is 1. The molecule has 1 aliphatic rings. The van der Waals surface area contributed by atoms with Crippen LogP contribution in [0, 0.1) is 5.82 Å². The van der Waals surface area contributed by atoms with Crippen molar-refractivity contribution >= 4 is 22.0 Å². The van der Waals surface area contributed by atoms with Crippen molar-refractivity contribution in [2.24, 2.45) is 0 Å². The van der Waals surface area contributed by atoms with Crippen molar-refractivity contribution in [3.63, 3.8) is 0 Å². The Bertz CT molecular complexity index is 407. The average Bonchev–Trinajstić information content (AvgIpc) is 2.16. The Morgan fingerprint density at radius 1 is 1.50 bits per heavy atom. The van der Waals surface area contributed by atoms with E-state index in [1.807, 2.05) is 0 Å². The maximum atomic E-state index is 12.8. The number of carbonyl (C=O) groups is 1. The van der Waals surface area contributed by atoms with Crippen LogP contribution >= 0.6 is 15.9 Å². The molecule has 0 saturated heterocycles. The third kappa shape index (κ3) is 2.72. The second-order valence-corrected chi connectivity index (χ2v) is 4.59. The monoisotopic (exact) mass is 287 g/mol. The molecule has 1 amide bonds. The second kappa shape index (κ2) is 4.82. The molecule has 1 aliphatic carbocycles. The van der Waals surface area contributed by atoms with Gasteiger partial charge in [-0.1, -0.05) is 0 Å². The van der Waals surface area contributed by atoms with E-state index >= 15 is 0 Å². The number of nitrogens with one attached hydrogen (secondary N) is 1. The van der Waals surface area contributed by atoms with E-state index in [4.69, 9.17) is 4.74 Å². The van der Waals surface area contributed by atoms with Gasteiger partial charge in [0.25, 0.3) is 0 Å². The van der Waals surface area contributed by atoms with Gasteiger partial charge in [0.15, 0.2) is 0 Å². The van der Waals surface area contributed by atoms with Gasteiger partial charge < -0.3 is 10.1 Å². The fourth-order valence-electron chi connectivity index (χ4n) is 1.41. The molecule has 0 aliphatic heterocycles. The van der Waals surface area contributed by atoms with E-state index < -0.39 is 6.09 Å². The summed E-state index contributed by atoms with van der Waals surface area (Å²) in [4.78, 5) is 11.4.